The quantitative estimate of drug-likeness (QED) is 0.439. The Morgan fingerprint density at radius 1 is 1.07 bits per heavy atom. The van der Waals surface area contributed by atoms with Crippen molar-refractivity contribution >= 4 is 11.8 Å². The lowest BCUT2D eigenvalue weighted by atomic mass is 9.97. The van der Waals surface area contributed by atoms with E-state index in [2.05, 4.69) is 20.1 Å². The van der Waals surface area contributed by atoms with Crippen molar-refractivity contribution in [3.63, 3.8) is 0 Å². The molecule has 40 heavy (non-hydrogen) atoms. The molecule has 2 saturated heterocycles. The molecule has 0 atom stereocenters. The van der Waals surface area contributed by atoms with E-state index in [4.69, 9.17) is 5.73 Å². The Balaban J connectivity index is 1.36. The van der Waals surface area contributed by atoms with Gasteiger partial charge in [-0.05, 0) is 25.0 Å². The van der Waals surface area contributed by atoms with Crippen molar-refractivity contribution in [1.82, 2.24) is 34.3 Å². The first-order chi connectivity index (χ1) is 18.9. The third-order valence-corrected chi connectivity index (χ3v) is 7.35. The maximum Gasteiger partial charge on any atom is 0.408 e. The Bertz CT molecular complexity index is 1400. The third kappa shape index (κ3) is 5.69. The molecular formula is C25H27F5N8O2. The lowest BCUT2D eigenvalue weighted by molar-refractivity contribution is -0.142. The summed E-state index contributed by atoms with van der Waals surface area (Å²) in [6, 6.07) is 2.94. The number of hydrogen-bond acceptors (Lipinski definition) is 6. The van der Waals surface area contributed by atoms with Crippen molar-refractivity contribution in [1.29, 1.82) is 0 Å². The Labute approximate surface area is 225 Å². The van der Waals surface area contributed by atoms with Crippen LogP contribution < -0.4 is 5.73 Å². The van der Waals surface area contributed by atoms with Gasteiger partial charge in [0.05, 0.1) is 17.9 Å². The SMILES string of the molecule is CC(=O)N1CCC(N2CC(n3cc(-c4ccc(-c5cnn(CC(F)(F)F)c5)nc4C(N)=O)c(C(F)F)n3)C2)CC1. The summed E-state index contributed by atoms with van der Waals surface area (Å²) >= 11 is 0. The minimum atomic E-state index is -4.48. The molecule has 0 radical (unpaired) electrons. The van der Waals surface area contributed by atoms with E-state index in [9.17, 15) is 31.5 Å². The average molecular weight is 567 g/mol. The second-order valence-corrected chi connectivity index (χ2v) is 10.1. The van der Waals surface area contributed by atoms with Gasteiger partial charge in [0.15, 0.2) is 0 Å². The number of aromatic nitrogens is 5. The molecule has 3 aromatic rings. The first kappa shape index (κ1) is 27.7. The van der Waals surface area contributed by atoms with Gasteiger partial charge in [0, 0.05) is 68.2 Å². The molecule has 0 saturated carbocycles. The maximum absolute atomic E-state index is 14.0. The number of likely N-dealkylation sites (tertiary alicyclic amines) is 2. The standard InChI is InChI=1S/C25H27F5N8O2/c1-14(39)35-6-4-16(5-7-35)36-10-17(11-36)38-12-19(21(34-38)23(26)27)18-2-3-20(33-22(18)24(31)40)15-8-32-37(9-15)13-25(28,29)30/h2-3,8-9,12,16-17,23H,4-7,10-11,13H2,1H3,(H2,31,40). The van der Waals surface area contributed by atoms with Crippen LogP contribution in [-0.2, 0) is 11.3 Å². The van der Waals surface area contributed by atoms with Crippen LogP contribution in [0.3, 0.4) is 0 Å². The highest BCUT2D eigenvalue weighted by atomic mass is 19.4. The van der Waals surface area contributed by atoms with E-state index in [-0.39, 0.29) is 40.0 Å². The number of carbonyl (C=O) groups excluding carboxylic acids is 2. The van der Waals surface area contributed by atoms with Gasteiger partial charge in [0.1, 0.15) is 17.9 Å². The Morgan fingerprint density at radius 3 is 2.38 bits per heavy atom. The molecule has 15 heteroatoms. The number of nitrogens with zero attached hydrogens (tertiary/aromatic N) is 7. The number of primary amides is 1. The Hall–Kier alpha value is -3.88. The molecule has 214 valence electrons. The molecule has 0 bridgehead atoms. The van der Waals surface area contributed by atoms with Crippen molar-refractivity contribution in [3.05, 3.63) is 42.1 Å². The van der Waals surface area contributed by atoms with Crippen LogP contribution in [-0.4, -0.2) is 84.6 Å². The van der Waals surface area contributed by atoms with E-state index in [0.29, 0.717) is 36.9 Å². The highest BCUT2D eigenvalue weighted by Crippen LogP contribution is 2.36. The van der Waals surface area contributed by atoms with E-state index in [1.54, 1.807) is 6.92 Å². The first-order valence-electron chi connectivity index (χ1n) is 12.7. The summed E-state index contributed by atoms with van der Waals surface area (Å²) in [6.07, 6.45) is -2.00. The second kappa shape index (κ2) is 10.6. The summed E-state index contributed by atoms with van der Waals surface area (Å²) in [5.41, 5.74) is 5.06. The molecule has 0 aliphatic carbocycles. The van der Waals surface area contributed by atoms with Gasteiger partial charge in [-0.3, -0.25) is 23.9 Å². The molecule has 0 spiro atoms. The normalized spacial score (nSPS) is 17.4. The molecule has 2 N–H and O–H groups in total. The van der Waals surface area contributed by atoms with Crippen LogP contribution in [0.4, 0.5) is 22.0 Å². The molecule has 2 aliphatic rings. The van der Waals surface area contributed by atoms with Crippen molar-refractivity contribution in [2.45, 2.75) is 51.0 Å². The molecule has 10 nitrogen and oxygen atoms in total. The van der Waals surface area contributed by atoms with E-state index in [0.717, 1.165) is 25.2 Å². The van der Waals surface area contributed by atoms with Gasteiger partial charge < -0.3 is 10.6 Å². The lowest BCUT2D eigenvalue weighted by Gasteiger charge is -2.47. The fourth-order valence-electron chi connectivity index (χ4n) is 5.25. The molecule has 2 aliphatic heterocycles. The number of alkyl halides is 5. The summed E-state index contributed by atoms with van der Waals surface area (Å²) in [6.45, 7) is 2.83. The highest BCUT2D eigenvalue weighted by molar-refractivity contribution is 5.98. The lowest BCUT2D eigenvalue weighted by Crippen LogP contribution is -2.56. The van der Waals surface area contributed by atoms with Crippen molar-refractivity contribution in [3.8, 4) is 22.4 Å². The van der Waals surface area contributed by atoms with Crippen molar-refractivity contribution in [2.24, 2.45) is 5.73 Å². The smallest absolute Gasteiger partial charge is 0.364 e. The number of piperidine rings is 1. The predicted molar refractivity (Wildman–Crippen MR) is 132 cm³/mol. The Morgan fingerprint density at radius 2 is 1.77 bits per heavy atom. The topological polar surface area (TPSA) is 115 Å². The summed E-state index contributed by atoms with van der Waals surface area (Å²) in [5, 5.41) is 7.80. The van der Waals surface area contributed by atoms with Crippen LogP contribution in [0.1, 0.15) is 48.4 Å². The number of nitrogens with two attached hydrogens (primary N) is 1. The van der Waals surface area contributed by atoms with Crippen LogP contribution in [0.5, 0.6) is 0 Å². The maximum atomic E-state index is 14.0. The van der Waals surface area contributed by atoms with E-state index >= 15 is 0 Å². The third-order valence-electron chi connectivity index (χ3n) is 7.35. The zero-order valence-electron chi connectivity index (χ0n) is 21.5. The fourth-order valence-corrected chi connectivity index (χ4v) is 5.25. The molecule has 2 amide bonds. The fraction of sp³-hybridized carbons (Fsp3) is 0.480. The van der Waals surface area contributed by atoms with Crippen LogP contribution in [0.2, 0.25) is 0 Å². The van der Waals surface area contributed by atoms with E-state index in [1.807, 2.05) is 4.90 Å². The minimum Gasteiger partial charge on any atom is -0.364 e. The van der Waals surface area contributed by atoms with Gasteiger partial charge in [0.2, 0.25) is 5.91 Å². The summed E-state index contributed by atoms with van der Waals surface area (Å²) in [4.78, 5) is 32.1. The van der Waals surface area contributed by atoms with Crippen LogP contribution in [0.15, 0.2) is 30.7 Å². The highest BCUT2D eigenvalue weighted by Gasteiger charge is 2.37. The zero-order chi connectivity index (χ0) is 28.8. The van der Waals surface area contributed by atoms with Crippen LogP contribution >= 0.6 is 0 Å². The van der Waals surface area contributed by atoms with Gasteiger partial charge in [-0.25, -0.2) is 13.8 Å². The average Bonchev–Trinajstić information content (AvgIpc) is 3.49. The van der Waals surface area contributed by atoms with Crippen LogP contribution in [0.25, 0.3) is 22.4 Å². The summed E-state index contributed by atoms with van der Waals surface area (Å²) < 4.78 is 68.3. The molecule has 5 rings (SSSR count). The van der Waals surface area contributed by atoms with Crippen molar-refractivity contribution in [2.75, 3.05) is 26.2 Å². The molecule has 5 heterocycles. The number of carbonyl (C=O) groups is 2. The van der Waals surface area contributed by atoms with Gasteiger partial charge >= 0.3 is 6.18 Å². The number of hydrogen-bond donors (Lipinski definition) is 1. The second-order valence-electron chi connectivity index (χ2n) is 10.1. The molecule has 0 unspecified atom stereocenters. The minimum absolute atomic E-state index is 0.00355. The molecule has 2 fully saturated rings. The van der Waals surface area contributed by atoms with E-state index in [1.165, 1.54) is 23.0 Å². The monoisotopic (exact) mass is 566 g/mol. The summed E-state index contributed by atoms with van der Waals surface area (Å²) in [5.74, 6) is -0.933. The van der Waals surface area contributed by atoms with Gasteiger partial charge in [-0.15, -0.1) is 0 Å². The molecular weight excluding hydrogens is 539 g/mol. The number of halogens is 5. The van der Waals surface area contributed by atoms with E-state index < -0.39 is 30.7 Å². The zero-order valence-corrected chi connectivity index (χ0v) is 21.5. The molecule has 3 aromatic heterocycles. The van der Waals surface area contributed by atoms with Crippen LogP contribution in [0, 0.1) is 0 Å². The van der Waals surface area contributed by atoms with Gasteiger partial charge in [-0.2, -0.15) is 23.4 Å². The first-order valence-corrected chi connectivity index (χ1v) is 12.7. The number of pyridine rings is 1. The largest absolute Gasteiger partial charge is 0.408 e. The predicted octanol–water partition coefficient (Wildman–Crippen LogP) is 3.28. The van der Waals surface area contributed by atoms with Gasteiger partial charge in [0.25, 0.3) is 12.3 Å². The van der Waals surface area contributed by atoms with Gasteiger partial charge in [-0.1, -0.05) is 0 Å². The number of amides is 2. The molecule has 0 aromatic carbocycles. The Kier molecular flexibility index (Phi) is 7.33. The summed E-state index contributed by atoms with van der Waals surface area (Å²) in [7, 11) is 0. The number of rotatable bonds is 7. The van der Waals surface area contributed by atoms with Crippen molar-refractivity contribution < 1.29 is 31.5 Å².